The van der Waals surface area contributed by atoms with Gasteiger partial charge in [0, 0.05) is 50.3 Å². The second kappa shape index (κ2) is 9.65. The minimum absolute atomic E-state index is 0.0508. The van der Waals surface area contributed by atoms with Gasteiger partial charge in [-0.1, -0.05) is 41.9 Å². The minimum Gasteiger partial charge on any atom is -0.360 e. The van der Waals surface area contributed by atoms with Gasteiger partial charge in [0.15, 0.2) is 5.65 Å². The number of fused-ring (bicyclic) bond motifs is 1. The zero-order valence-electron chi connectivity index (χ0n) is 18.9. The van der Waals surface area contributed by atoms with Crippen LogP contribution in [0.25, 0.3) is 16.9 Å². The molecule has 1 aliphatic heterocycles. The third-order valence-corrected chi connectivity index (χ3v) is 6.24. The van der Waals surface area contributed by atoms with Crippen LogP contribution in [-0.2, 0) is 11.0 Å². The molecule has 0 unspecified atom stereocenters. The summed E-state index contributed by atoms with van der Waals surface area (Å²) in [7, 11) is 0. The molecule has 8 nitrogen and oxygen atoms in total. The first-order valence-corrected chi connectivity index (χ1v) is 11.6. The highest BCUT2D eigenvalue weighted by Crippen LogP contribution is 2.34. The number of carbonyl (C=O) groups is 1. The summed E-state index contributed by atoms with van der Waals surface area (Å²) in [5, 5.41) is 3.16. The molecule has 3 aromatic heterocycles. The summed E-state index contributed by atoms with van der Waals surface area (Å²) in [5.41, 5.74) is 1.38. The van der Waals surface area contributed by atoms with E-state index < -0.39 is 11.7 Å². The van der Waals surface area contributed by atoms with Gasteiger partial charge in [-0.05, 0) is 6.07 Å². The first-order chi connectivity index (χ1) is 17.3. The van der Waals surface area contributed by atoms with E-state index in [-0.39, 0.29) is 23.3 Å². The Labute approximate surface area is 209 Å². The van der Waals surface area contributed by atoms with E-state index in [9.17, 15) is 18.0 Å². The molecule has 12 heteroatoms. The van der Waals surface area contributed by atoms with Crippen molar-refractivity contribution in [1.29, 1.82) is 0 Å². The van der Waals surface area contributed by atoms with Crippen LogP contribution >= 0.6 is 11.6 Å². The lowest BCUT2D eigenvalue weighted by Gasteiger charge is -2.36. The molecule has 5 rings (SSSR count). The summed E-state index contributed by atoms with van der Waals surface area (Å²) in [5.74, 6) is 0.859. The maximum Gasteiger partial charge on any atom is 0.417 e. The SMILES string of the molecule is O=C(CNc1c(-c2ccccc2)nc2cnccn12)N1CCN(c2ncc(C(F)(F)F)cc2Cl)CC1. The number of alkyl halides is 3. The van der Waals surface area contributed by atoms with Crippen molar-refractivity contribution in [2.75, 3.05) is 42.9 Å². The molecule has 4 aromatic rings. The van der Waals surface area contributed by atoms with Gasteiger partial charge in [-0.15, -0.1) is 0 Å². The maximum atomic E-state index is 13.0. The van der Waals surface area contributed by atoms with Crippen LogP contribution in [0.5, 0.6) is 0 Å². The molecule has 36 heavy (non-hydrogen) atoms. The molecule has 1 aromatic carbocycles. The summed E-state index contributed by atoms with van der Waals surface area (Å²) >= 11 is 6.08. The van der Waals surface area contributed by atoms with Gasteiger partial charge in [-0.25, -0.2) is 9.97 Å². The molecule has 0 atom stereocenters. The van der Waals surface area contributed by atoms with Crippen molar-refractivity contribution in [3.05, 3.63) is 71.8 Å². The zero-order chi connectivity index (χ0) is 25.3. The molecule has 1 amide bonds. The predicted molar refractivity (Wildman–Crippen MR) is 130 cm³/mol. The van der Waals surface area contributed by atoms with E-state index in [4.69, 9.17) is 11.6 Å². The number of rotatable bonds is 5. The number of nitrogens with one attached hydrogen (secondary N) is 1. The van der Waals surface area contributed by atoms with Crippen LogP contribution in [0.2, 0.25) is 5.02 Å². The molecule has 1 aliphatic rings. The summed E-state index contributed by atoms with van der Waals surface area (Å²) in [4.78, 5) is 29.2. The Balaban J connectivity index is 1.25. The Bertz CT molecular complexity index is 1390. The van der Waals surface area contributed by atoms with Crippen molar-refractivity contribution < 1.29 is 18.0 Å². The average Bonchev–Trinajstić information content (AvgIpc) is 3.26. The highest BCUT2D eigenvalue weighted by Gasteiger charge is 2.32. The first-order valence-electron chi connectivity index (χ1n) is 11.2. The van der Waals surface area contributed by atoms with Gasteiger partial charge >= 0.3 is 6.18 Å². The van der Waals surface area contributed by atoms with Crippen LogP contribution in [0.4, 0.5) is 24.8 Å². The number of amides is 1. The Morgan fingerprint density at radius 3 is 2.53 bits per heavy atom. The normalized spacial score (nSPS) is 14.3. The van der Waals surface area contributed by atoms with Crippen molar-refractivity contribution >= 4 is 34.8 Å². The summed E-state index contributed by atoms with van der Waals surface area (Å²) in [6, 6.07) is 10.5. The Morgan fingerprint density at radius 2 is 1.83 bits per heavy atom. The second-order valence-electron chi connectivity index (χ2n) is 8.23. The van der Waals surface area contributed by atoms with Crippen molar-refractivity contribution in [3.8, 4) is 11.3 Å². The van der Waals surface area contributed by atoms with E-state index in [0.29, 0.717) is 43.3 Å². The van der Waals surface area contributed by atoms with Gasteiger partial charge in [0.1, 0.15) is 17.3 Å². The number of hydrogen-bond acceptors (Lipinski definition) is 6. The summed E-state index contributed by atoms with van der Waals surface area (Å²) in [6.45, 7) is 1.64. The average molecular weight is 516 g/mol. The molecule has 1 saturated heterocycles. The third-order valence-electron chi connectivity index (χ3n) is 5.97. The lowest BCUT2D eigenvalue weighted by molar-refractivity contribution is -0.137. The molecule has 0 bridgehead atoms. The number of aromatic nitrogens is 4. The topological polar surface area (TPSA) is 78.7 Å². The van der Waals surface area contributed by atoms with E-state index in [2.05, 4.69) is 20.3 Å². The monoisotopic (exact) mass is 515 g/mol. The number of anilines is 2. The second-order valence-corrected chi connectivity index (χ2v) is 8.64. The van der Waals surface area contributed by atoms with Crippen LogP contribution < -0.4 is 10.2 Å². The largest absolute Gasteiger partial charge is 0.417 e. The third kappa shape index (κ3) is 4.78. The Morgan fingerprint density at radius 1 is 1.08 bits per heavy atom. The van der Waals surface area contributed by atoms with Gasteiger partial charge in [0.25, 0.3) is 0 Å². The van der Waals surface area contributed by atoms with Crippen molar-refractivity contribution in [2.45, 2.75) is 6.18 Å². The van der Waals surface area contributed by atoms with Crippen LogP contribution in [0.15, 0.2) is 61.2 Å². The van der Waals surface area contributed by atoms with Gasteiger partial charge in [0.05, 0.1) is 23.3 Å². The van der Waals surface area contributed by atoms with Gasteiger partial charge in [0.2, 0.25) is 5.91 Å². The van der Waals surface area contributed by atoms with E-state index in [0.717, 1.165) is 17.8 Å². The zero-order valence-corrected chi connectivity index (χ0v) is 19.7. The molecule has 1 fully saturated rings. The van der Waals surface area contributed by atoms with Gasteiger partial charge < -0.3 is 15.1 Å². The van der Waals surface area contributed by atoms with E-state index in [1.807, 2.05) is 34.7 Å². The molecule has 0 saturated carbocycles. The van der Waals surface area contributed by atoms with E-state index in [1.54, 1.807) is 28.4 Å². The van der Waals surface area contributed by atoms with Crippen molar-refractivity contribution in [3.63, 3.8) is 0 Å². The number of benzene rings is 1. The van der Waals surface area contributed by atoms with Crippen LogP contribution in [0, 0.1) is 0 Å². The lowest BCUT2D eigenvalue weighted by Crippen LogP contribution is -2.50. The standard InChI is InChI=1S/C24H21ClF3N7O/c25-18-12-17(24(26,27)28)13-30-22(18)34-10-8-33(9-11-34)20(36)15-31-23-21(16-4-2-1-3-5-16)32-19-14-29-6-7-35(19)23/h1-7,12-14,31H,8-11,15H2. The van der Waals surface area contributed by atoms with Crippen LogP contribution in [-0.4, -0.2) is 62.9 Å². The highest BCUT2D eigenvalue weighted by atomic mass is 35.5. The van der Waals surface area contributed by atoms with Crippen molar-refractivity contribution in [1.82, 2.24) is 24.3 Å². The Hall–Kier alpha value is -3.86. The number of pyridine rings is 1. The molecule has 1 N–H and O–H groups in total. The van der Waals surface area contributed by atoms with Crippen molar-refractivity contribution in [2.24, 2.45) is 0 Å². The fourth-order valence-electron chi connectivity index (χ4n) is 4.13. The molecule has 186 valence electrons. The smallest absolute Gasteiger partial charge is 0.360 e. The number of piperazine rings is 1. The maximum absolute atomic E-state index is 13.0. The molecular formula is C24H21ClF3N7O. The number of carbonyl (C=O) groups excluding carboxylic acids is 1. The Kier molecular flexibility index (Phi) is 6.40. The van der Waals surface area contributed by atoms with Crippen LogP contribution in [0.1, 0.15) is 5.56 Å². The minimum atomic E-state index is -4.51. The predicted octanol–water partition coefficient (Wildman–Crippen LogP) is 4.22. The molecule has 0 spiro atoms. The quantitative estimate of drug-likeness (QED) is 0.429. The van der Waals surface area contributed by atoms with E-state index >= 15 is 0 Å². The molecule has 4 heterocycles. The highest BCUT2D eigenvalue weighted by molar-refractivity contribution is 6.33. The fourth-order valence-corrected chi connectivity index (χ4v) is 4.42. The number of imidazole rings is 1. The summed E-state index contributed by atoms with van der Waals surface area (Å²) in [6.07, 6.45) is 1.35. The molecular weight excluding hydrogens is 495 g/mol. The number of halogens is 4. The number of nitrogens with zero attached hydrogens (tertiary/aromatic N) is 6. The lowest BCUT2D eigenvalue weighted by atomic mass is 10.1. The summed E-state index contributed by atoms with van der Waals surface area (Å²) < 4.78 is 40.5. The van der Waals surface area contributed by atoms with Gasteiger partial charge in [-0.3, -0.25) is 14.2 Å². The van der Waals surface area contributed by atoms with E-state index in [1.165, 1.54) is 0 Å². The number of hydrogen-bond donors (Lipinski definition) is 1. The first kappa shape index (κ1) is 23.9. The fraction of sp³-hybridized carbons (Fsp3) is 0.250. The molecule has 0 aliphatic carbocycles. The van der Waals surface area contributed by atoms with Gasteiger partial charge in [-0.2, -0.15) is 13.2 Å². The molecule has 0 radical (unpaired) electrons. The van der Waals surface area contributed by atoms with Crippen LogP contribution in [0.3, 0.4) is 0 Å².